The molecule has 3 heterocycles. The first-order valence-electron chi connectivity index (χ1n) is 6.75. The van der Waals surface area contributed by atoms with Crippen LogP contribution >= 0.6 is 25.4 Å². The van der Waals surface area contributed by atoms with Crippen molar-refractivity contribution in [3.8, 4) is 0 Å². The minimum atomic E-state index is -0.550. The van der Waals surface area contributed by atoms with Gasteiger partial charge in [0, 0.05) is 22.0 Å². The van der Waals surface area contributed by atoms with E-state index in [-0.39, 0.29) is 12.3 Å². The number of nitrogens with one attached hydrogen (secondary N) is 1. The van der Waals surface area contributed by atoms with E-state index in [9.17, 15) is 5.11 Å². The second kappa shape index (κ2) is 7.39. The Hall–Kier alpha value is -0.480. The Kier molecular flexibility index (Phi) is 5.50. The highest BCUT2D eigenvalue weighted by Gasteiger charge is 2.36. The summed E-state index contributed by atoms with van der Waals surface area (Å²) < 4.78 is 13.2. The molecule has 2 aromatic heterocycles. The summed E-state index contributed by atoms with van der Waals surface area (Å²) in [5, 5.41) is 13.1. The third kappa shape index (κ3) is 3.23. The first-order valence-corrected chi connectivity index (χ1v) is 11.5. The van der Waals surface area contributed by atoms with E-state index in [2.05, 4.69) is 29.2 Å². The highest BCUT2D eigenvalue weighted by molar-refractivity contribution is 8.37. The predicted molar refractivity (Wildman–Crippen MR) is 91.7 cm³/mol. The van der Waals surface area contributed by atoms with Crippen molar-refractivity contribution >= 4 is 42.4 Å². The number of aromatic nitrogens is 4. The second-order valence-electron chi connectivity index (χ2n) is 4.79. The average molecular weight is 361 g/mol. The van der Waals surface area contributed by atoms with E-state index in [1.165, 1.54) is 6.33 Å². The van der Waals surface area contributed by atoms with Crippen LogP contribution in [0.4, 0.5) is 5.82 Å². The molecule has 0 aliphatic carbocycles. The third-order valence-corrected chi connectivity index (χ3v) is 5.76. The molecule has 3 rings (SSSR count). The van der Waals surface area contributed by atoms with Gasteiger partial charge in [-0.15, -0.1) is 8.93 Å². The lowest BCUT2D eigenvalue weighted by atomic mass is 10.2. The highest BCUT2D eigenvalue weighted by Crippen LogP contribution is 2.44. The molecule has 0 aromatic carbocycles. The van der Waals surface area contributed by atoms with Gasteiger partial charge in [0.2, 0.25) is 0 Å². The number of rotatable bonds is 6. The largest absolute Gasteiger partial charge is 0.390 e. The van der Waals surface area contributed by atoms with Gasteiger partial charge in [0.05, 0.1) is 19.0 Å². The zero-order valence-electron chi connectivity index (χ0n) is 11.9. The molecular formula is C11H18N5O3P3. The number of nitrogens with zero attached hydrogens (tertiary/aromatic N) is 4. The van der Waals surface area contributed by atoms with E-state index in [0.717, 1.165) is 0 Å². The van der Waals surface area contributed by atoms with Crippen LogP contribution in [0.1, 0.15) is 12.6 Å². The molecule has 1 aliphatic rings. The van der Waals surface area contributed by atoms with Gasteiger partial charge in [-0.3, -0.25) is 4.57 Å². The number of ether oxygens (including phenoxy) is 1. The topological polar surface area (TPSA) is 94.3 Å². The lowest BCUT2D eigenvalue weighted by Crippen LogP contribution is -2.25. The molecule has 0 radical (unpaired) electrons. The van der Waals surface area contributed by atoms with Crippen LogP contribution in [0, 0.1) is 0 Å². The molecule has 0 amide bonds. The number of hydrogen-bond acceptors (Lipinski definition) is 7. The van der Waals surface area contributed by atoms with E-state index >= 15 is 0 Å². The van der Waals surface area contributed by atoms with Crippen LogP contribution in [0.15, 0.2) is 12.7 Å². The Bertz CT molecular complexity index is 642. The average Bonchev–Trinajstić information content (AvgIpc) is 3.11. The van der Waals surface area contributed by atoms with E-state index < -0.39 is 6.10 Å². The maximum absolute atomic E-state index is 10.1. The molecule has 2 aromatic rings. The summed E-state index contributed by atoms with van der Waals surface area (Å²) in [5.74, 6) is 0.671. The number of fused-ring (bicyclic) bond motifs is 1. The molecule has 0 bridgehead atoms. The molecule has 22 heavy (non-hydrogen) atoms. The summed E-state index contributed by atoms with van der Waals surface area (Å²) in [6, 6.07) is 0. The van der Waals surface area contributed by atoms with Gasteiger partial charge in [-0.05, 0) is 0 Å². The Morgan fingerprint density at radius 3 is 3.18 bits per heavy atom. The van der Waals surface area contributed by atoms with Crippen molar-refractivity contribution in [2.45, 2.75) is 24.9 Å². The van der Waals surface area contributed by atoms with Gasteiger partial charge in [-0.25, -0.2) is 15.0 Å². The molecular weight excluding hydrogens is 343 g/mol. The van der Waals surface area contributed by atoms with Crippen LogP contribution in [-0.4, -0.2) is 50.5 Å². The van der Waals surface area contributed by atoms with Crippen molar-refractivity contribution in [1.82, 2.24) is 19.5 Å². The smallest absolute Gasteiger partial charge is 0.167 e. The molecule has 1 aliphatic heterocycles. The van der Waals surface area contributed by atoms with Crippen molar-refractivity contribution in [3.05, 3.63) is 12.7 Å². The Labute approximate surface area is 133 Å². The van der Waals surface area contributed by atoms with Gasteiger partial charge in [0.15, 0.2) is 11.5 Å². The fraction of sp³-hybridized carbons (Fsp3) is 0.545. The number of aliphatic hydroxyl groups excluding tert-OH is 1. The van der Waals surface area contributed by atoms with Crippen LogP contribution in [0.25, 0.3) is 11.2 Å². The lowest BCUT2D eigenvalue weighted by Gasteiger charge is -2.15. The summed E-state index contributed by atoms with van der Waals surface area (Å²) in [5.41, 5.74) is 1.37. The summed E-state index contributed by atoms with van der Waals surface area (Å²) in [6.07, 6.45) is 2.49. The van der Waals surface area contributed by atoms with Gasteiger partial charge in [-0.1, -0.05) is 7.96 Å². The van der Waals surface area contributed by atoms with E-state index in [0.29, 0.717) is 46.5 Å². The van der Waals surface area contributed by atoms with Gasteiger partial charge in [-0.2, -0.15) is 0 Å². The minimum absolute atomic E-state index is 0.296. The highest BCUT2D eigenvalue weighted by atomic mass is 32.4. The van der Waals surface area contributed by atoms with Crippen LogP contribution in [0.2, 0.25) is 0 Å². The first-order chi connectivity index (χ1) is 10.7. The molecule has 120 valence electrons. The van der Waals surface area contributed by atoms with Crippen LogP contribution in [0.5, 0.6) is 0 Å². The quantitative estimate of drug-likeness (QED) is 0.595. The van der Waals surface area contributed by atoms with Crippen molar-refractivity contribution in [2.24, 2.45) is 0 Å². The standard InChI is InChI=1S/C11H18N5O3P3/c1-12-10-9-11(14-4-13-10)16(5-15-9)8-2-6(17)7(19-8)3-18-21-22-20/h4-8,17,21-22H,2-3,20H2,1H3,(H,12,13,14)/t6?,7-,8-/m1/s1. The number of imidazole rings is 1. The predicted octanol–water partition coefficient (Wildman–Crippen LogP) is 1.51. The maximum atomic E-state index is 10.1. The first kappa shape index (κ1) is 16.4. The van der Waals surface area contributed by atoms with Gasteiger partial charge in [0.25, 0.3) is 0 Å². The monoisotopic (exact) mass is 361 g/mol. The van der Waals surface area contributed by atoms with Crippen molar-refractivity contribution in [1.29, 1.82) is 0 Å². The summed E-state index contributed by atoms with van der Waals surface area (Å²) in [7, 11) is 5.54. The molecule has 11 heteroatoms. The molecule has 1 saturated heterocycles. The molecule has 1 fully saturated rings. The number of anilines is 1. The summed E-state index contributed by atoms with van der Waals surface area (Å²) in [4.78, 5) is 12.8. The SMILES string of the molecule is CNc1ncnc2c1ncn2[C@H]1CC(O)[C@@H](COPPP)O1. The van der Waals surface area contributed by atoms with Crippen LogP contribution in [-0.2, 0) is 9.26 Å². The normalized spacial score (nSPS) is 26.0. The fourth-order valence-corrected chi connectivity index (χ4v) is 4.03. The van der Waals surface area contributed by atoms with Gasteiger partial charge < -0.3 is 19.7 Å². The van der Waals surface area contributed by atoms with Crippen LogP contribution < -0.4 is 5.32 Å². The molecule has 4 unspecified atom stereocenters. The minimum Gasteiger partial charge on any atom is -0.390 e. The van der Waals surface area contributed by atoms with E-state index in [1.54, 1.807) is 13.4 Å². The van der Waals surface area contributed by atoms with E-state index in [1.807, 2.05) is 4.57 Å². The van der Waals surface area contributed by atoms with Gasteiger partial charge >= 0.3 is 0 Å². The Balaban J connectivity index is 1.78. The third-order valence-electron chi connectivity index (χ3n) is 3.49. The Morgan fingerprint density at radius 2 is 2.41 bits per heavy atom. The fourth-order valence-electron chi connectivity index (χ4n) is 2.45. The summed E-state index contributed by atoms with van der Waals surface area (Å²) >= 11 is 0. The lowest BCUT2D eigenvalue weighted by molar-refractivity contribution is -0.0355. The number of aliphatic hydroxyl groups is 1. The van der Waals surface area contributed by atoms with Crippen molar-refractivity contribution in [2.75, 3.05) is 19.0 Å². The van der Waals surface area contributed by atoms with Crippen molar-refractivity contribution < 1.29 is 14.4 Å². The molecule has 6 atom stereocenters. The Morgan fingerprint density at radius 1 is 1.55 bits per heavy atom. The van der Waals surface area contributed by atoms with Crippen LogP contribution in [0.3, 0.4) is 0 Å². The number of hydrogen-bond donors (Lipinski definition) is 2. The zero-order valence-corrected chi connectivity index (χ0v) is 15.1. The van der Waals surface area contributed by atoms with Crippen molar-refractivity contribution in [3.63, 3.8) is 0 Å². The zero-order chi connectivity index (χ0) is 15.5. The molecule has 8 nitrogen and oxygen atoms in total. The van der Waals surface area contributed by atoms with E-state index in [4.69, 9.17) is 9.26 Å². The summed E-state index contributed by atoms with van der Waals surface area (Å²) in [6.45, 7) is 0.404. The maximum Gasteiger partial charge on any atom is 0.167 e. The molecule has 0 spiro atoms. The second-order valence-corrected chi connectivity index (χ2v) is 9.64. The van der Waals surface area contributed by atoms with Gasteiger partial charge in [0.1, 0.15) is 24.2 Å². The molecule has 2 N–H and O–H groups in total. The molecule has 0 saturated carbocycles.